The number of carboxylic acid groups (broad SMARTS) is 1. The molecule has 84 valence electrons. The lowest BCUT2D eigenvalue weighted by molar-refractivity contribution is 0.0682. The summed E-state index contributed by atoms with van der Waals surface area (Å²) >= 11 is 1.37. The minimum atomic E-state index is -1.08. The first-order valence-electron chi connectivity index (χ1n) is 4.88. The number of thiazole rings is 1. The summed E-state index contributed by atoms with van der Waals surface area (Å²) in [5.74, 6) is -1.13. The van der Waals surface area contributed by atoms with Gasteiger partial charge in [0.1, 0.15) is 0 Å². The van der Waals surface area contributed by atoms with E-state index in [0.717, 1.165) is 11.3 Å². The van der Waals surface area contributed by atoms with Gasteiger partial charge >= 0.3 is 5.97 Å². The highest BCUT2D eigenvalue weighted by Gasteiger charge is 2.17. The Morgan fingerprint density at radius 3 is 2.71 bits per heavy atom. The van der Waals surface area contributed by atoms with Gasteiger partial charge in [-0.15, -0.1) is 21.5 Å². The molecule has 2 aromatic heterocycles. The topological polar surface area (TPSA) is 67.5 Å². The van der Waals surface area contributed by atoms with Crippen LogP contribution in [0, 0.1) is 0 Å². The van der Waals surface area contributed by atoms with Crippen molar-refractivity contribution < 1.29 is 9.90 Å². The fourth-order valence-electron chi connectivity index (χ4n) is 1.67. The number of carbonyl (C=O) groups is 1. The fourth-order valence-corrected chi connectivity index (χ4v) is 2.51. The highest BCUT2D eigenvalue weighted by Crippen LogP contribution is 2.26. The largest absolute Gasteiger partial charge is 0.475 e. The van der Waals surface area contributed by atoms with Crippen LogP contribution in [0.15, 0.2) is 35.7 Å². The van der Waals surface area contributed by atoms with Crippen LogP contribution in [0.5, 0.6) is 0 Å². The number of benzene rings is 1. The first-order valence-corrected chi connectivity index (χ1v) is 5.76. The average Bonchev–Trinajstić information content (AvgIpc) is 2.90. The molecule has 17 heavy (non-hydrogen) atoms. The van der Waals surface area contributed by atoms with Crippen LogP contribution in [0.2, 0.25) is 0 Å². The lowest BCUT2D eigenvalue weighted by Crippen LogP contribution is -2.04. The Kier molecular flexibility index (Phi) is 2.15. The van der Waals surface area contributed by atoms with E-state index in [1.165, 1.54) is 11.3 Å². The molecule has 5 nitrogen and oxygen atoms in total. The Morgan fingerprint density at radius 1 is 1.24 bits per heavy atom. The van der Waals surface area contributed by atoms with E-state index in [2.05, 4.69) is 10.2 Å². The molecule has 0 aliphatic rings. The molecule has 0 spiro atoms. The molecule has 1 N–H and O–H groups in total. The zero-order valence-electron chi connectivity index (χ0n) is 8.57. The van der Waals surface area contributed by atoms with E-state index in [-0.39, 0.29) is 5.82 Å². The minimum Gasteiger partial charge on any atom is -0.475 e. The molecular weight excluding hydrogens is 238 g/mol. The molecule has 3 aromatic rings. The Balaban J connectivity index is 2.30. The number of nitrogens with zero attached hydrogens (tertiary/aromatic N) is 3. The van der Waals surface area contributed by atoms with E-state index in [9.17, 15) is 4.79 Å². The van der Waals surface area contributed by atoms with E-state index in [4.69, 9.17) is 5.11 Å². The summed E-state index contributed by atoms with van der Waals surface area (Å²) in [6, 6.07) is 9.57. The molecule has 0 atom stereocenters. The molecule has 0 bridgehead atoms. The molecule has 3 rings (SSSR count). The van der Waals surface area contributed by atoms with Crippen LogP contribution < -0.4 is 0 Å². The zero-order valence-corrected chi connectivity index (χ0v) is 9.39. The van der Waals surface area contributed by atoms with Crippen LogP contribution >= 0.6 is 11.3 Å². The van der Waals surface area contributed by atoms with E-state index in [1.54, 1.807) is 4.40 Å². The molecule has 1 aromatic carbocycles. The van der Waals surface area contributed by atoms with E-state index in [1.807, 2.05) is 35.7 Å². The summed E-state index contributed by atoms with van der Waals surface area (Å²) < 4.78 is 1.56. The summed E-state index contributed by atoms with van der Waals surface area (Å²) in [5.41, 5.74) is 1.74. The number of hydrogen-bond acceptors (Lipinski definition) is 4. The van der Waals surface area contributed by atoms with Crippen LogP contribution in [0.3, 0.4) is 0 Å². The molecule has 2 heterocycles. The molecule has 0 radical (unpaired) electrons. The van der Waals surface area contributed by atoms with Gasteiger partial charge in [0.15, 0.2) is 0 Å². The standard InChI is InChI=1S/C11H7N3O2S/c15-10(16)9-12-13-11-14(9)8(6-17-11)7-4-2-1-3-5-7/h1-6H,(H,15,16). The maximum absolute atomic E-state index is 11.0. The second-order valence-electron chi connectivity index (χ2n) is 3.43. The highest BCUT2D eigenvalue weighted by atomic mass is 32.1. The molecule has 0 saturated heterocycles. The monoisotopic (exact) mass is 245 g/mol. The van der Waals surface area contributed by atoms with Crippen LogP contribution in [-0.2, 0) is 0 Å². The minimum absolute atomic E-state index is 0.0555. The summed E-state index contributed by atoms with van der Waals surface area (Å²) in [6.45, 7) is 0. The van der Waals surface area contributed by atoms with Crippen LogP contribution in [0.1, 0.15) is 10.6 Å². The highest BCUT2D eigenvalue weighted by molar-refractivity contribution is 7.15. The van der Waals surface area contributed by atoms with Gasteiger partial charge in [-0.1, -0.05) is 30.3 Å². The van der Waals surface area contributed by atoms with Gasteiger partial charge in [0.25, 0.3) is 0 Å². The number of fused-ring (bicyclic) bond motifs is 1. The Morgan fingerprint density at radius 2 is 2.00 bits per heavy atom. The van der Waals surface area contributed by atoms with Crippen molar-refractivity contribution >= 4 is 22.3 Å². The first kappa shape index (κ1) is 9.98. The maximum Gasteiger partial charge on any atom is 0.374 e. The third kappa shape index (κ3) is 1.50. The third-order valence-electron chi connectivity index (χ3n) is 2.41. The summed E-state index contributed by atoms with van der Waals surface area (Å²) in [5, 5.41) is 18.4. The van der Waals surface area contributed by atoms with Crippen LogP contribution in [0.25, 0.3) is 16.2 Å². The van der Waals surface area contributed by atoms with E-state index in [0.29, 0.717) is 4.96 Å². The lowest BCUT2D eigenvalue weighted by Gasteiger charge is -1.99. The van der Waals surface area contributed by atoms with Crippen molar-refractivity contribution in [1.29, 1.82) is 0 Å². The molecule has 0 aliphatic carbocycles. The van der Waals surface area contributed by atoms with Gasteiger partial charge in [0.2, 0.25) is 10.8 Å². The maximum atomic E-state index is 11.0. The van der Waals surface area contributed by atoms with Crippen molar-refractivity contribution in [2.45, 2.75) is 0 Å². The SMILES string of the molecule is O=C(O)c1nnc2scc(-c3ccccc3)n12. The van der Waals surface area contributed by atoms with Crippen molar-refractivity contribution in [3.8, 4) is 11.3 Å². The van der Waals surface area contributed by atoms with Crippen LogP contribution in [-0.4, -0.2) is 25.7 Å². The van der Waals surface area contributed by atoms with Gasteiger partial charge in [0, 0.05) is 5.38 Å². The smallest absolute Gasteiger partial charge is 0.374 e. The number of aromatic nitrogens is 3. The molecule has 0 saturated carbocycles. The molecule has 6 heteroatoms. The lowest BCUT2D eigenvalue weighted by atomic mass is 10.2. The number of aromatic carboxylic acids is 1. The summed E-state index contributed by atoms with van der Waals surface area (Å²) in [6.07, 6.45) is 0. The van der Waals surface area contributed by atoms with Gasteiger partial charge in [-0.05, 0) is 5.56 Å². The fraction of sp³-hybridized carbons (Fsp3) is 0. The van der Waals surface area contributed by atoms with Gasteiger partial charge in [-0.25, -0.2) is 4.79 Å². The molecule has 0 fully saturated rings. The van der Waals surface area contributed by atoms with Crippen molar-refractivity contribution in [2.75, 3.05) is 0 Å². The first-order chi connectivity index (χ1) is 8.27. The van der Waals surface area contributed by atoms with Crippen molar-refractivity contribution in [2.24, 2.45) is 0 Å². The van der Waals surface area contributed by atoms with Gasteiger partial charge in [-0.2, -0.15) is 0 Å². The summed E-state index contributed by atoms with van der Waals surface area (Å²) in [7, 11) is 0. The number of hydrogen-bond donors (Lipinski definition) is 1. The second-order valence-corrected chi connectivity index (χ2v) is 4.27. The van der Waals surface area contributed by atoms with Crippen LogP contribution in [0.4, 0.5) is 0 Å². The zero-order chi connectivity index (χ0) is 11.8. The number of carboxylic acids is 1. The van der Waals surface area contributed by atoms with Crippen molar-refractivity contribution in [1.82, 2.24) is 14.6 Å². The molecule has 0 unspecified atom stereocenters. The third-order valence-corrected chi connectivity index (χ3v) is 3.23. The van der Waals surface area contributed by atoms with E-state index < -0.39 is 5.97 Å². The number of rotatable bonds is 2. The quantitative estimate of drug-likeness (QED) is 0.751. The van der Waals surface area contributed by atoms with Gasteiger partial charge < -0.3 is 5.11 Å². The molecule has 0 amide bonds. The van der Waals surface area contributed by atoms with Crippen molar-refractivity contribution in [3.05, 3.63) is 41.5 Å². The second kappa shape index (κ2) is 3.67. The predicted octanol–water partition coefficient (Wildman–Crippen LogP) is 2.16. The molecular formula is C11H7N3O2S. The van der Waals surface area contributed by atoms with Gasteiger partial charge in [-0.3, -0.25) is 4.40 Å². The van der Waals surface area contributed by atoms with Crippen molar-refractivity contribution in [3.63, 3.8) is 0 Å². The Hall–Kier alpha value is -2.21. The normalized spacial score (nSPS) is 10.8. The predicted molar refractivity (Wildman–Crippen MR) is 63.3 cm³/mol. The Bertz CT molecular complexity index is 687. The van der Waals surface area contributed by atoms with E-state index >= 15 is 0 Å². The summed E-state index contributed by atoms with van der Waals surface area (Å²) in [4.78, 5) is 11.6. The van der Waals surface area contributed by atoms with Gasteiger partial charge in [0.05, 0.1) is 5.69 Å². The molecule has 0 aliphatic heterocycles. The average molecular weight is 245 g/mol. The Labute approximate surface area is 100.0 Å².